The van der Waals surface area contributed by atoms with E-state index in [0.29, 0.717) is 6.17 Å². The first-order valence-electron chi connectivity index (χ1n) is 3.69. The van der Waals surface area contributed by atoms with Gasteiger partial charge in [0.1, 0.15) is 0 Å². The maximum absolute atomic E-state index is 2.29. The Balaban J connectivity index is 0.000001000. The van der Waals surface area contributed by atoms with Gasteiger partial charge in [0, 0.05) is 25.5 Å². The molecule has 0 atom stereocenters. The lowest BCUT2D eigenvalue weighted by Crippen LogP contribution is -2.32. The molecule has 1 aliphatic heterocycles. The van der Waals surface area contributed by atoms with Crippen molar-refractivity contribution < 1.29 is 0 Å². The fraction of sp³-hybridized carbons (Fsp3) is 0.750. The first-order chi connectivity index (χ1) is 4.55. The molecule has 0 spiro atoms. The molecule has 0 N–H and O–H groups in total. The Morgan fingerprint density at radius 2 is 1.27 bits per heavy atom. The molecular weight excluding hydrogens is 160 g/mol. The van der Waals surface area contributed by atoms with E-state index in [0.717, 1.165) is 0 Å². The predicted molar refractivity (Wildman–Crippen MR) is 50.6 cm³/mol. The Labute approximate surface area is 75.3 Å². The van der Waals surface area contributed by atoms with Crippen LogP contribution in [0.1, 0.15) is 20.8 Å². The zero-order valence-electron chi connectivity index (χ0n) is 7.88. The minimum atomic E-state index is 0. The second-order valence-corrected chi connectivity index (χ2v) is 3.02. The highest BCUT2D eigenvalue weighted by molar-refractivity contribution is 5.85. The predicted octanol–water partition coefficient (Wildman–Crippen LogP) is 1.88. The van der Waals surface area contributed by atoms with E-state index in [-0.39, 0.29) is 12.4 Å². The molecule has 0 bridgehead atoms. The van der Waals surface area contributed by atoms with Gasteiger partial charge in [-0.05, 0) is 20.8 Å². The summed E-state index contributed by atoms with van der Waals surface area (Å²) >= 11 is 0. The quantitative estimate of drug-likeness (QED) is 0.556. The van der Waals surface area contributed by atoms with Crippen LogP contribution in [-0.4, -0.2) is 30.1 Å². The summed E-state index contributed by atoms with van der Waals surface area (Å²) in [6.07, 6.45) is 0.528. The molecule has 11 heavy (non-hydrogen) atoms. The second-order valence-electron chi connectivity index (χ2n) is 3.02. The van der Waals surface area contributed by atoms with Gasteiger partial charge in [0.05, 0.1) is 6.17 Å². The second kappa shape index (κ2) is 3.35. The van der Waals surface area contributed by atoms with Crippen LogP contribution < -0.4 is 0 Å². The molecule has 0 amide bonds. The number of rotatable bonds is 0. The SMILES string of the molecule is CC1=C(C)N(C)C(C)N1C.Cl. The monoisotopic (exact) mass is 176 g/mol. The smallest absolute Gasteiger partial charge is 0.0976 e. The van der Waals surface area contributed by atoms with Crippen LogP contribution in [0, 0.1) is 0 Å². The van der Waals surface area contributed by atoms with Crippen LogP contribution >= 0.6 is 12.4 Å². The molecule has 1 aliphatic rings. The van der Waals surface area contributed by atoms with Crippen molar-refractivity contribution in [1.29, 1.82) is 0 Å². The van der Waals surface area contributed by atoms with Gasteiger partial charge < -0.3 is 9.80 Å². The lowest BCUT2D eigenvalue weighted by Gasteiger charge is -2.25. The Morgan fingerprint density at radius 1 is 1.00 bits per heavy atom. The number of hydrogen-bond acceptors (Lipinski definition) is 2. The lowest BCUT2D eigenvalue weighted by atomic mass is 10.4. The third-order valence-corrected chi connectivity index (χ3v) is 2.70. The van der Waals surface area contributed by atoms with Gasteiger partial charge in [-0.2, -0.15) is 0 Å². The maximum Gasteiger partial charge on any atom is 0.0976 e. The molecule has 66 valence electrons. The Bertz CT molecular complexity index is 159. The van der Waals surface area contributed by atoms with Crippen molar-refractivity contribution in [3.05, 3.63) is 11.4 Å². The highest BCUT2D eigenvalue weighted by Gasteiger charge is 2.24. The van der Waals surface area contributed by atoms with E-state index in [2.05, 4.69) is 44.7 Å². The van der Waals surface area contributed by atoms with Crippen LogP contribution in [-0.2, 0) is 0 Å². The maximum atomic E-state index is 2.29. The van der Waals surface area contributed by atoms with Gasteiger partial charge in [0.2, 0.25) is 0 Å². The standard InChI is InChI=1S/C8H16N2.ClH/c1-6-7(2)10(5)8(3)9(6)4;/h8H,1-5H3;1H. The molecular formula is C8H17ClN2. The fourth-order valence-electron chi connectivity index (χ4n) is 1.33. The van der Waals surface area contributed by atoms with E-state index >= 15 is 0 Å². The Kier molecular flexibility index (Phi) is 3.24. The van der Waals surface area contributed by atoms with E-state index in [9.17, 15) is 0 Å². The molecule has 0 unspecified atom stereocenters. The zero-order chi connectivity index (χ0) is 7.89. The average molecular weight is 177 g/mol. The summed E-state index contributed by atoms with van der Waals surface area (Å²) in [6.45, 7) is 6.53. The lowest BCUT2D eigenvalue weighted by molar-refractivity contribution is 0.209. The van der Waals surface area contributed by atoms with Gasteiger partial charge in [-0.15, -0.1) is 12.4 Å². The molecule has 0 aromatic heterocycles. The Hall–Kier alpha value is -0.370. The summed E-state index contributed by atoms with van der Waals surface area (Å²) < 4.78 is 0. The third kappa shape index (κ3) is 1.45. The van der Waals surface area contributed by atoms with Crippen molar-refractivity contribution in [3.8, 4) is 0 Å². The minimum absolute atomic E-state index is 0. The molecule has 0 aromatic rings. The van der Waals surface area contributed by atoms with E-state index < -0.39 is 0 Å². The zero-order valence-corrected chi connectivity index (χ0v) is 8.70. The minimum Gasteiger partial charge on any atom is -0.357 e. The van der Waals surface area contributed by atoms with Gasteiger partial charge >= 0.3 is 0 Å². The molecule has 3 heteroatoms. The summed E-state index contributed by atoms with van der Waals surface area (Å²) in [7, 11) is 4.26. The van der Waals surface area contributed by atoms with Gasteiger partial charge in [-0.3, -0.25) is 0 Å². The normalized spacial score (nSPS) is 19.4. The first-order valence-corrected chi connectivity index (χ1v) is 3.69. The highest BCUT2D eigenvalue weighted by atomic mass is 35.5. The van der Waals surface area contributed by atoms with Crippen molar-refractivity contribution in [3.63, 3.8) is 0 Å². The van der Waals surface area contributed by atoms with Crippen molar-refractivity contribution in [2.45, 2.75) is 26.9 Å². The summed E-state index contributed by atoms with van der Waals surface area (Å²) in [5, 5.41) is 0. The largest absolute Gasteiger partial charge is 0.357 e. The number of hydrogen-bond donors (Lipinski definition) is 0. The summed E-state index contributed by atoms with van der Waals surface area (Å²) in [4.78, 5) is 4.57. The van der Waals surface area contributed by atoms with Crippen molar-refractivity contribution in [2.24, 2.45) is 0 Å². The van der Waals surface area contributed by atoms with Crippen LogP contribution in [0.4, 0.5) is 0 Å². The number of nitrogens with zero attached hydrogens (tertiary/aromatic N) is 2. The number of allylic oxidation sites excluding steroid dienone is 2. The first kappa shape index (κ1) is 10.6. The highest BCUT2D eigenvalue weighted by Crippen LogP contribution is 2.24. The average Bonchev–Trinajstić information content (AvgIpc) is 2.07. The summed E-state index contributed by atoms with van der Waals surface area (Å²) in [5.41, 5.74) is 2.77. The van der Waals surface area contributed by atoms with Crippen molar-refractivity contribution >= 4 is 12.4 Å². The van der Waals surface area contributed by atoms with E-state index in [1.807, 2.05) is 0 Å². The molecule has 0 saturated heterocycles. The van der Waals surface area contributed by atoms with Gasteiger partial charge in [-0.25, -0.2) is 0 Å². The van der Waals surface area contributed by atoms with Crippen LogP contribution in [0.3, 0.4) is 0 Å². The molecule has 0 saturated carbocycles. The summed E-state index contributed by atoms with van der Waals surface area (Å²) in [6, 6.07) is 0. The van der Waals surface area contributed by atoms with Gasteiger partial charge in [0.25, 0.3) is 0 Å². The fourth-order valence-corrected chi connectivity index (χ4v) is 1.33. The van der Waals surface area contributed by atoms with E-state index in [1.165, 1.54) is 11.4 Å². The van der Waals surface area contributed by atoms with Crippen molar-refractivity contribution in [2.75, 3.05) is 14.1 Å². The molecule has 0 fully saturated rings. The van der Waals surface area contributed by atoms with Crippen LogP contribution in [0.25, 0.3) is 0 Å². The van der Waals surface area contributed by atoms with Gasteiger partial charge in [-0.1, -0.05) is 0 Å². The van der Waals surface area contributed by atoms with Crippen molar-refractivity contribution in [1.82, 2.24) is 9.80 Å². The molecule has 1 heterocycles. The molecule has 0 aromatic carbocycles. The number of halogens is 1. The molecule has 1 rings (SSSR count). The molecule has 0 radical (unpaired) electrons. The summed E-state index contributed by atoms with van der Waals surface area (Å²) in [5.74, 6) is 0. The van der Waals surface area contributed by atoms with E-state index in [4.69, 9.17) is 0 Å². The molecule has 2 nitrogen and oxygen atoms in total. The topological polar surface area (TPSA) is 6.48 Å². The van der Waals surface area contributed by atoms with Gasteiger partial charge in [0.15, 0.2) is 0 Å². The van der Waals surface area contributed by atoms with Crippen LogP contribution in [0.15, 0.2) is 11.4 Å². The van der Waals surface area contributed by atoms with Crippen LogP contribution in [0.2, 0.25) is 0 Å². The van der Waals surface area contributed by atoms with E-state index in [1.54, 1.807) is 0 Å². The molecule has 0 aliphatic carbocycles. The van der Waals surface area contributed by atoms with Crippen LogP contribution in [0.5, 0.6) is 0 Å². The Morgan fingerprint density at radius 3 is 1.36 bits per heavy atom. The third-order valence-electron chi connectivity index (χ3n) is 2.70.